The summed E-state index contributed by atoms with van der Waals surface area (Å²) in [6.45, 7) is 0.486. The first-order valence-electron chi connectivity index (χ1n) is 7.90. The van der Waals surface area contributed by atoms with Crippen molar-refractivity contribution in [2.24, 2.45) is 0 Å². The fraction of sp³-hybridized carbons (Fsp3) is 0.100. The van der Waals surface area contributed by atoms with Gasteiger partial charge in [-0.25, -0.2) is 9.37 Å². The van der Waals surface area contributed by atoms with Crippen molar-refractivity contribution in [3.8, 4) is 5.75 Å². The summed E-state index contributed by atoms with van der Waals surface area (Å²) in [5.41, 5.74) is 1.71. The van der Waals surface area contributed by atoms with Crippen LogP contribution in [-0.4, -0.2) is 17.9 Å². The highest BCUT2D eigenvalue weighted by molar-refractivity contribution is 9.10. The third-order valence-electron chi connectivity index (χ3n) is 3.83. The molecule has 0 unspecified atom stereocenters. The normalized spacial score (nSPS) is 10.4. The molecule has 0 aliphatic heterocycles. The van der Waals surface area contributed by atoms with Gasteiger partial charge in [0.1, 0.15) is 17.3 Å². The molecule has 0 saturated heterocycles. The highest BCUT2D eigenvalue weighted by atomic mass is 79.9. The van der Waals surface area contributed by atoms with Gasteiger partial charge in [-0.1, -0.05) is 24.3 Å². The van der Waals surface area contributed by atoms with Gasteiger partial charge in [0, 0.05) is 17.2 Å². The molecule has 0 aliphatic carbocycles. The third-order valence-corrected chi connectivity index (χ3v) is 4.26. The first kappa shape index (κ1) is 18.1. The number of carbonyl (C=O) groups is 1. The van der Waals surface area contributed by atoms with Crippen molar-refractivity contribution in [2.75, 3.05) is 12.4 Å². The van der Waals surface area contributed by atoms with Gasteiger partial charge >= 0.3 is 0 Å². The quantitative estimate of drug-likeness (QED) is 0.586. The van der Waals surface area contributed by atoms with Crippen LogP contribution in [0.5, 0.6) is 5.75 Å². The highest BCUT2D eigenvalue weighted by Crippen LogP contribution is 2.23. The first-order valence-corrected chi connectivity index (χ1v) is 8.69. The summed E-state index contributed by atoms with van der Waals surface area (Å²) >= 11 is 3.36. The molecule has 1 heterocycles. The predicted octanol–water partition coefficient (Wildman–Crippen LogP) is 4.83. The van der Waals surface area contributed by atoms with Gasteiger partial charge in [0.05, 0.1) is 18.4 Å². The van der Waals surface area contributed by atoms with E-state index in [1.54, 1.807) is 25.3 Å². The van der Waals surface area contributed by atoms with E-state index in [4.69, 9.17) is 4.74 Å². The number of benzene rings is 2. The van der Waals surface area contributed by atoms with Gasteiger partial charge in [0.2, 0.25) is 5.78 Å². The number of nitrogens with zero attached hydrogens (tertiary/aromatic N) is 1. The zero-order valence-electron chi connectivity index (χ0n) is 14.0. The second-order valence-electron chi connectivity index (χ2n) is 5.56. The summed E-state index contributed by atoms with van der Waals surface area (Å²) in [6.07, 6.45) is 1.52. The van der Waals surface area contributed by atoms with Gasteiger partial charge in [-0.15, -0.1) is 0 Å². The van der Waals surface area contributed by atoms with E-state index in [0.717, 1.165) is 15.8 Å². The Morgan fingerprint density at radius 2 is 1.92 bits per heavy atom. The van der Waals surface area contributed by atoms with E-state index in [1.165, 1.54) is 18.3 Å². The van der Waals surface area contributed by atoms with Crippen molar-refractivity contribution in [1.82, 2.24) is 4.98 Å². The molecule has 0 saturated carbocycles. The molecular formula is C20H16BrFN2O2. The minimum Gasteiger partial charge on any atom is -0.497 e. The zero-order chi connectivity index (χ0) is 18.5. The number of ether oxygens (including phenoxy) is 1. The lowest BCUT2D eigenvalue weighted by Gasteiger charge is -2.12. The Morgan fingerprint density at radius 1 is 1.19 bits per heavy atom. The molecule has 0 bridgehead atoms. The summed E-state index contributed by atoms with van der Waals surface area (Å²) in [4.78, 5) is 16.9. The summed E-state index contributed by atoms with van der Waals surface area (Å²) in [5.74, 6) is -0.260. The summed E-state index contributed by atoms with van der Waals surface area (Å²) < 4.78 is 19.8. The lowest BCUT2D eigenvalue weighted by Crippen LogP contribution is -2.11. The molecule has 1 aromatic heterocycles. The molecule has 6 heteroatoms. The van der Waals surface area contributed by atoms with Crippen LogP contribution in [0.3, 0.4) is 0 Å². The monoisotopic (exact) mass is 414 g/mol. The lowest BCUT2D eigenvalue weighted by molar-refractivity contribution is 0.103. The molecule has 0 spiro atoms. The number of pyridine rings is 1. The van der Waals surface area contributed by atoms with E-state index >= 15 is 0 Å². The number of ketones is 1. The van der Waals surface area contributed by atoms with Crippen LogP contribution in [0.1, 0.15) is 21.6 Å². The highest BCUT2D eigenvalue weighted by Gasteiger charge is 2.19. The molecule has 0 atom stereocenters. The Bertz CT molecular complexity index is 929. The topological polar surface area (TPSA) is 51.2 Å². The summed E-state index contributed by atoms with van der Waals surface area (Å²) in [7, 11) is 1.61. The average molecular weight is 415 g/mol. The summed E-state index contributed by atoms with van der Waals surface area (Å²) in [5, 5.41) is 3.20. The number of halogens is 2. The number of anilines is 1. The maximum atomic E-state index is 14.0. The Hall–Kier alpha value is -2.73. The fourth-order valence-corrected chi connectivity index (χ4v) is 2.80. The van der Waals surface area contributed by atoms with Crippen molar-refractivity contribution in [2.45, 2.75) is 6.54 Å². The van der Waals surface area contributed by atoms with Crippen LogP contribution >= 0.6 is 15.9 Å². The molecule has 3 aromatic rings. The number of aromatic nitrogens is 1. The third kappa shape index (κ3) is 4.08. The Labute approximate surface area is 159 Å². The van der Waals surface area contributed by atoms with E-state index in [9.17, 15) is 9.18 Å². The Morgan fingerprint density at radius 3 is 2.62 bits per heavy atom. The summed E-state index contributed by atoms with van der Waals surface area (Å²) in [6, 6.07) is 15.2. The Kier molecular flexibility index (Phi) is 5.63. The van der Waals surface area contributed by atoms with Gasteiger partial charge in [0.25, 0.3) is 0 Å². The molecule has 26 heavy (non-hydrogen) atoms. The number of carbonyl (C=O) groups excluding carboxylic acids is 1. The van der Waals surface area contributed by atoms with Crippen LogP contribution in [0.4, 0.5) is 10.1 Å². The molecule has 1 N–H and O–H groups in total. The van der Waals surface area contributed by atoms with E-state index in [1.807, 2.05) is 24.3 Å². The maximum absolute atomic E-state index is 14.0. The second-order valence-corrected chi connectivity index (χ2v) is 6.48. The average Bonchev–Trinajstić information content (AvgIpc) is 2.67. The van der Waals surface area contributed by atoms with Gasteiger partial charge in [-0.3, -0.25) is 4.79 Å². The van der Waals surface area contributed by atoms with Crippen LogP contribution in [0.2, 0.25) is 0 Å². The van der Waals surface area contributed by atoms with Crippen molar-refractivity contribution in [1.29, 1.82) is 0 Å². The minimum absolute atomic E-state index is 0.00480. The number of methoxy groups -OCH3 is 1. The van der Waals surface area contributed by atoms with E-state index in [-0.39, 0.29) is 11.3 Å². The first-order chi connectivity index (χ1) is 12.6. The SMILES string of the molecule is COc1ccc(CNc2cc(Br)cnc2C(=O)c2ccccc2F)cc1. The van der Waals surface area contributed by atoms with E-state index in [2.05, 4.69) is 26.2 Å². The molecule has 132 valence electrons. The van der Waals surface area contributed by atoms with Crippen LogP contribution < -0.4 is 10.1 Å². The number of hydrogen-bond donors (Lipinski definition) is 1. The van der Waals surface area contributed by atoms with Crippen LogP contribution in [0.15, 0.2) is 65.3 Å². The molecule has 4 nitrogen and oxygen atoms in total. The van der Waals surface area contributed by atoms with Crippen molar-refractivity contribution in [3.05, 3.63) is 87.9 Å². The lowest BCUT2D eigenvalue weighted by atomic mass is 10.1. The van der Waals surface area contributed by atoms with E-state index < -0.39 is 11.6 Å². The van der Waals surface area contributed by atoms with Gasteiger partial charge in [0.15, 0.2) is 0 Å². The van der Waals surface area contributed by atoms with Crippen LogP contribution in [0.25, 0.3) is 0 Å². The molecule has 2 aromatic carbocycles. The maximum Gasteiger partial charge on any atom is 0.216 e. The minimum atomic E-state index is -0.566. The van der Waals surface area contributed by atoms with Gasteiger partial charge < -0.3 is 10.1 Å². The van der Waals surface area contributed by atoms with Crippen molar-refractivity contribution < 1.29 is 13.9 Å². The zero-order valence-corrected chi connectivity index (χ0v) is 15.6. The number of rotatable bonds is 6. The fourth-order valence-electron chi connectivity index (χ4n) is 2.47. The molecule has 0 radical (unpaired) electrons. The van der Waals surface area contributed by atoms with Crippen molar-refractivity contribution >= 4 is 27.4 Å². The van der Waals surface area contributed by atoms with E-state index in [0.29, 0.717) is 12.2 Å². The van der Waals surface area contributed by atoms with Gasteiger partial charge in [-0.2, -0.15) is 0 Å². The van der Waals surface area contributed by atoms with Gasteiger partial charge in [-0.05, 0) is 51.8 Å². The standard InChI is InChI=1S/C20H16BrFN2O2/c1-26-15-8-6-13(7-9-15)11-23-18-10-14(21)12-24-19(18)20(25)16-4-2-3-5-17(16)22/h2-10,12,23H,11H2,1H3. The molecule has 0 amide bonds. The molecule has 0 aliphatic rings. The second kappa shape index (κ2) is 8.10. The molecular weight excluding hydrogens is 399 g/mol. The van der Waals surface area contributed by atoms with Crippen molar-refractivity contribution in [3.63, 3.8) is 0 Å². The molecule has 0 fully saturated rings. The smallest absolute Gasteiger partial charge is 0.216 e. The molecule has 3 rings (SSSR count). The number of nitrogens with one attached hydrogen (secondary N) is 1. The Balaban J connectivity index is 1.86. The predicted molar refractivity (Wildman–Crippen MR) is 102 cm³/mol. The van der Waals surface area contributed by atoms with Crippen LogP contribution in [-0.2, 0) is 6.54 Å². The largest absolute Gasteiger partial charge is 0.497 e. The number of hydrogen-bond acceptors (Lipinski definition) is 4. The van der Waals surface area contributed by atoms with Crippen LogP contribution in [0, 0.1) is 5.82 Å².